The SMILES string of the molecule is CCOC(=O)N(CC[C@H]1CC[C@@H](N(C(=O)c2ccc(OC)c(OCCCOC)c2)C(C)C)CN1C(=O)OC(C)(C)C)C1CC1.COCCCOc1cc(C(=O)N(C(C)C)[C@@H]2CC[C@H](CCNC3CC3)N(C(=O)OC(C)(C)C)C2)ccc1OC. The van der Waals surface area contributed by atoms with Crippen LogP contribution in [0.5, 0.6) is 23.0 Å². The topological polar surface area (TPSA) is 197 Å². The van der Waals surface area contributed by atoms with Crippen molar-refractivity contribution in [2.45, 2.75) is 213 Å². The molecule has 2 heterocycles. The number of nitrogens with one attached hydrogen (secondary N) is 1. The Hall–Kier alpha value is -5.73. The maximum Gasteiger partial charge on any atom is 0.410 e. The van der Waals surface area contributed by atoms with Gasteiger partial charge in [-0.1, -0.05) is 0 Å². The molecule has 4 fully saturated rings. The number of ether oxygens (including phenoxy) is 9. The van der Waals surface area contributed by atoms with E-state index in [1.807, 2.05) is 83.9 Å². The van der Waals surface area contributed by atoms with Crippen LogP contribution in [0.4, 0.5) is 14.4 Å². The second-order valence-corrected chi connectivity index (χ2v) is 24.7. The number of rotatable bonds is 27. The zero-order chi connectivity index (χ0) is 61.0. The van der Waals surface area contributed by atoms with E-state index in [-0.39, 0.29) is 66.3 Å². The zero-order valence-corrected chi connectivity index (χ0v) is 52.9. The predicted octanol–water partition coefficient (Wildman–Crippen LogP) is 10.6. The van der Waals surface area contributed by atoms with Crippen LogP contribution in [0, 0.1) is 0 Å². The van der Waals surface area contributed by atoms with Gasteiger partial charge < -0.3 is 72.4 Å². The van der Waals surface area contributed by atoms with E-state index in [0.29, 0.717) is 119 Å². The highest BCUT2D eigenvalue weighted by molar-refractivity contribution is 5.96. The van der Waals surface area contributed by atoms with Gasteiger partial charge in [-0.3, -0.25) is 9.59 Å². The van der Waals surface area contributed by atoms with Crippen molar-refractivity contribution in [2.75, 3.05) is 87.7 Å². The number of carbonyl (C=O) groups is 5. The average Bonchev–Trinajstić information content (AvgIpc) is 4.33. The molecule has 4 aliphatic rings. The lowest BCUT2D eigenvalue weighted by molar-refractivity contribution is -0.00928. The van der Waals surface area contributed by atoms with Gasteiger partial charge in [0.1, 0.15) is 11.2 Å². The number of benzene rings is 2. The summed E-state index contributed by atoms with van der Waals surface area (Å²) in [4.78, 5) is 76.6. The highest BCUT2D eigenvalue weighted by Gasteiger charge is 2.42. The van der Waals surface area contributed by atoms with Crippen LogP contribution in [0.3, 0.4) is 0 Å². The number of nitrogens with zero attached hydrogens (tertiary/aromatic N) is 5. The lowest BCUT2D eigenvalue weighted by Crippen LogP contribution is -2.58. The molecule has 5 amide bonds. The van der Waals surface area contributed by atoms with Gasteiger partial charge in [0.05, 0.1) is 46.1 Å². The fourth-order valence-electron chi connectivity index (χ4n) is 10.8. The molecule has 0 spiro atoms. The molecule has 20 heteroatoms. The molecule has 4 atom stereocenters. The summed E-state index contributed by atoms with van der Waals surface area (Å²) in [5, 5.41) is 3.57. The monoisotopic (exact) mass is 1170 g/mol. The minimum absolute atomic E-state index is 0.0516. The molecule has 0 aromatic heterocycles. The maximum absolute atomic E-state index is 14.1. The van der Waals surface area contributed by atoms with E-state index >= 15 is 0 Å². The summed E-state index contributed by atoms with van der Waals surface area (Å²) in [6.07, 6.45) is 9.36. The van der Waals surface area contributed by atoms with Gasteiger partial charge in [0.25, 0.3) is 11.8 Å². The highest BCUT2D eigenvalue weighted by Crippen LogP contribution is 2.35. The van der Waals surface area contributed by atoms with Crippen molar-refractivity contribution in [3.8, 4) is 23.0 Å². The highest BCUT2D eigenvalue weighted by atomic mass is 16.6. The number of amides is 5. The molecule has 6 rings (SSSR count). The molecule has 1 N–H and O–H groups in total. The molecule has 83 heavy (non-hydrogen) atoms. The van der Waals surface area contributed by atoms with Gasteiger partial charge >= 0.3 is 18.3 Å². The number of piperidine rings is 2. The van der Waals surface area contributed by atoms with E-state index in [0.717, 1.165) is 45.1 Å². The van der Waals surface area contributed by atoms with E-state index in [4.69, 9.17) is 42.6 Å². The molecule has 2 saturated carbocycles. The first-order valence-electron chi connectivity index (χ1n) is 30.3. The van der Waals surface area contributed by atoms with E-state index in [1.54, 1.807) is 81.6 Å². The lowest BCUT2D eigenvalue weighted by Gasteiger charge is -2.45. The summed E-state index contributed by atoms with van der Waals surface area (Å²) >= 11 is 0. The van der Waals surface area contributed by atoms with E-state index in [1.165, 1.54) is 12.8 Å². The quantitative estimate of drug-likeness (QED) is 0.0655. The van der Waals surface area contributed by atoms with Crippen LogP contribution in [0.25, 0.3) is 0 Å². The van der Waals surface area contributed by atoms with Gasteiger partial charge in [0, 0.05) is 107 Å². The molecular weight excluding hydrogens is 1060 g/mol. The smallest absolute Gasteiger partial charge is 0.410 e. The number of carbonyl (C=O) groups excluding carboxylic acids is 5. The van der Waals surface area contributed by atoms with Crippen LogP contribution in [0.1, 0.15) is 174 Å². The first-order chi connectivity index (χ1) is 39.4. The maximum atomic E-state index is 14.1. The van der Waals surface area contributed by atoms with Crippen LogP contribution in [-0.4, -0.2) is 202 Å². The van der Waals surface area contributed by atoms with Gasteiger partial charge in [-0.15, -0.1) is 0 Å². The summed E-state index contributed by atoms with van der Waals surface area (Å²) in [7, 11) is 6.45. The third-order valence-electron chi connectivity index (χ3n) is 15.0. The Morgan fingerprint density at radius 2 is 1.01 bits per heavy atom. The van der Waals surface area contributed by atoms with E-state index in [9.17, 15) is 24.0 Å². The Kier molecular flexibility index (Phi) is 26.7. The van der Waals surface area contributed by atoms with Gasteiger partial charge in [-0.05, 0) is 183 Å². The minimum Gasteiger partial charge on any atom is -0.493 e. The zero-order valence-electron chi connectivity index (χ0n) is 52.9. The molecule has 0 unspecified atom stereocenters. The van der Waals surface area contributed by atoms with Gasteiger partial charge in [0.15, 0.2) is 23.0 Å². The number of likely N-dealkylation sites (tertiary alicyclic amines) is 2. The van der Waals surface area contributed by atoms with Crippen molar-refractivity contribution >= 4 is 30.1 Å². The third kappa shape index (κ3) is 21.4. The molecule has 0 bridgehead atoms. The molecule has 20 nitrogen and oxygen atoms in total. The standard InChI is InChI=1S/C33H53N3O8.C30H49N3O6/c1-9-42-31(38)34(25-12-13-25)18-17-26-14-15-27(22-35(26)32(39)44-33(4,5)6)36(23(2)3)30(37)24-11-16-28(41-8)29(21-24)43-20-10-19-40-7;1-21(2)33(28(34)22-9-14-26(37-7)27(19-22)38-18-8-17-36-6)25-13-12-24(15-16-31-23-10-11-23)32(20-25)29(35)39-30(3,4)5/h11,16,21,23,25-27H,9-10,12-15,17-20,22H2,1-8H3;9,14,19,21,23-25,31H,8,10-13,15-18,20H2,1-7H3/t26-,27-;24-,25-/m11/s1. The summed E-state index contributed by atoms with van der Waals surface area (Å²) in [5.41, 5.74) is -0.236. The van der Waals surface area contributed by atoms with Crippen LogP contribution >= 0.6 is 0 Å². The van der Waals surface area contributed by atoms with E-state index in [2.05, 4.69) is 5.32 Å². The van der Waals surface area contributed by atoms with Crippen molar-refractivity contribution in [3.63, 3.8) is 0 Å². The summed E-state index contributed by atoms with van der Waals surface area (Å²) in [6, 6.07) is 10.8. The Morgan fingerprint density at radius 1 is 0.578 bits per heavy atom. The van der Waals surface area contributed by atoms with E-state index < -0.39 is 17.3 Å². The third-order valence-corrected chi connectivity index (χ3v) is 15.0. The van der Waals surface area contributed by atoms with Crippen LogP contribution in [-0.2, 0) is 23.7 Å². The molecule has 2 saturated heterocycles. The molecule has 2 aromatic carbocycles. The number of hydrogen-bond donors (Lipinski definition) is 1. The van der Waals surface area contributed by atoms with Crippen LogP contribution in [0.2, 0.25) is 0 Å². The second kappa shape index (κ2) is 32.5. The minimum atomic E-state index is -0.671. The molecule has 2 aromatic rings. The van der Waals surface area contributed by atoms with Crippen molar-refractivity contribution in [1.29, 1.82) is 0 Å². The van der Waals surface area contributed by atoms with Crippen molar-refractivity contribution in [1.82, 2.24) is 29.8 Å². The number of hydrogen-bond acceptors (Lipinski definition) is 15. The molecule has 2 aliphatic carbocycles. The molecule has 468 valence electrons. The van der Waals surface area contributed by atoms with Gasteiger partial charge in [0.2, 0.25) is 0 Å². The lowest BCUT2D eigenvalue weighted by atomic mass is 9.93. The molecule has 0 radical (unpaired) electrons. The predicted molar refractivity (Wildman–Crippen MR) is 319 cm³/mol. The van der Waals surface area contributed by atoms with Gasteiger partial charge in [-0.25, -0.2) is 14.4 Å². The van der Waals surface area contributed by atoms with Crippen molar-refractivity contribution in [2.24, 2.45) is 0 Å². The van der Waals surface area contributed by atoms with Crippen molar-refractivity contribution < 1.29 is 66.6 Å². The fraction of sp³-hybridized carbons (Fsp3) is 0.730. The second-order valence-electron chi connectivity index (χ2n) is 24.7. The molecule has 2 aliphatic heterocycles. The Bertz CT molecular complexity index is 2370. The van der Waals surface area contributed by atoms with Crippen LogP contribution < -0.4 is 24.3 Å². The summed E-state index contributed by atoms with van der Waals surface area (Å²) in [5.74, 6) is 1.94. The molecular formula is C63H102N6O14. The summed E-state index contributed by atoms with van der Waals surface area (Å²) < 4.78 is 49.9. The Morgan fingerprint density at radius 3 is 1.39 bits per heavy atom. The first kappa shape index (κ1) is 68.1. The largest absolute Gasteiger partial charge is 0.493 e. The number of methoxy groups -OCH3 is 4. The Balaban J connectivity index is 0.000000306. The average molecular weight is 1170 g/mol. The first-order valence-corrected chi connectivity index (χ1v) is 30.3. The van der Waals surface area contributed by atoms with Crippen molar-refractivity contribution in [3.05, 3.63) is 47.5 Å². The Labute approximate surface area is 495 Å². The summed E-state index contributed by atoms with van der Waals surface area (Å²) in [6.45, 7) is 25.6. The van der Waals surface area contributed by atoms with Crippen LogP contribution in [0.15, 0.2) is 36.4 Å². The normalized spacial score (nSPS) is 19.0. The van der Waals surface area contributed by atoms with Gasteiger partial charge in [-0.2, -0.15) is 0 Å². The fourth-order valence-corrected chi connectivity index (χ4v) is 10.8.